The monoisotopic (exact) mass is 1350 g/mol. The Labute approximate surface area is 588 Å². The van der Waals surface area contributed by atoms with E-state index in [0.717, 1.165) is 54.3 Å². The van der Waals surface area contributed by atoms with Gasteiger partial charge in [0.05, 0.1) is 86.8 Å². The van der Waals surface area contributed by atoms with E-state index in [9.17, 15) is 24.6 Å². The average molecular weight is 1350 g/mol. The van der Waals surface area contributed by atoms with E-state index in [2.05, 4.69) is 163 Å². The predicted molar refractivity (Wildman–Crippen MR) is 394 cm³/mol. The number of unbranched alkanes of at least 4 members (excludes halogenated alkanes) is 2. The molecule has 0 aliphatic carbocycles. The van der Waals surface area contributed by atoms with Crippen LogP contribution in [0.5, 0.6) is 17.2 Å². The number of aliphatic hydroxyl groups excluding tert-OH is 1. The van der Waals surface area contributed by atoms with Gasteiger partial charge in [0.25, 0.3) is 0 Å². The van der Waals surface area contributed by atoms with E-state index < -0.39 is 5.43 Å². The molecule has 0 saturated heterocycles. The molecule has 518 valence electrons. The van der Waals surface area contributed by atoms with Crippen molar-refractivity contribution in [3.63, 3.8) is 0 Å². The van der Waals surface area contributed by atoms with Crippen LogP contribution >= 0.6 is 0 Å². The number of methoxy groups -OCH3 is 2. The zero-order chi connectivity index (χ0) is 69.1. The van der Waals surface area contributed by atoms with Gasteiger partial charge in [0.2, 0.25) is 16.3 Å². The lowest BCUT2D eigenvalue weighted by Crippen LogP contribution is -2.32. The summed E-state index contributed by atoms with van der Waals surface area (Å²) < 4.78 is 35.7. The average Bonchev–Trinajstić information content (AvgIpc) is 1.74. The molecule has 0 saturated carbocycles. The second kappa shape index (κ2) is 32.4. The number of hydrogen-bond donors (Lipinski definition) is 2. The summed E-state index contributed by atoms with van der Waals surface area (Å²) >= 11 is 0. The summed E-state index contributed by atoms with van der Waals surface area (Å²) in [4.78, 5) is 52.2. The van der Waals surface area contributed by atoms with Gasteiger partial charge < -0.3 is 56.6 Å². The van der Waals surface area contributed by atoms with Crippen LogP contribution in [-0.4, -0.2) is 80.0 Å². The van der Waals surface area contributed by atoms with Crippen LogP contribution in [0.4, 0.5) is 0 Å². The molecule has 18 nitrogen and oxygen atoms in total. The van der Waals surface area contributed by atoms with Crippen LogP contribution in [0.3, 0.4) is 0 Å². The van der Waals surface area contributed by atoms with Crippen LogP contribution in [0.25, 0.3) is 34.6 Å². The number of aromatic hydroxyl groups is 1. The van der Waals surface area contributed by atoms with Crippen molar-refractivity contribution in [1.29, 1.82) is 0 Å². The predicted octanol–water partition coefficient (Wildman–Crippen LogP) is 14.8. The molecule has 0 fully saturated rings. The molecule has 6 aromatic heterocycles. The van der Waals surface area contributed by atoms with Gasteiger partial charge in [-0.2, -0.15) is 0 Å². The molecule has 18 heteroatoms. The first kappa shape index (κ1) is 70.0. The van der Waals surface area contributed by atoms with E-state index in [4.69, 9.17) is 23.9 Å². The van der Waals surface area contributed by atoms with E-state index in [1.807, 2.05) is 88.4 Å². The number of imidazole rings is 3. The standard InChI is InChI=1S/C29H31N3O3.C28H29N3O3.C25H23N3O3.CH4/c1-3-4-17-35-28-25(33)15-16-31-24(19-32-23(20-34-2)18-30-29(32)27(28)31)26(21-11-7-5-8-12-21)22-13-9-6-10-14-22;1-2-3-16-34-27-24(33)14-15-30-23(18-31-22(19-32)17-29-28(31)26(27)30)25(20-10-6-4-7-11-20)21-12-8-5-9-13-21;1-31-16-19-14-26-25-23-24(30)21(29)12-13-27(23)20(15-28(19)25)22(17-8-4-2-5-9-17)18-10-6-3-7-11-18;/h5-16,18,24,26H,3-4,17,19-20H2,1-2H3;4-15,17,23,25,32H,2-3,16,18-19H2,1H3;2-14,20,22,30H,15-16H2,1H3;1H4/t24-;23-;20-;/m111./s1. The minimum Gasteiger partial charge on any atom is -0.503 e. The Morgan fingerprint density at radius 3 is 1.01 bits per heavy atom. The van der Waals surface area contributed by atoms with Crippen LogP contribution in [-0.2, 0) is 48.9 Å². The fraction of sp³-hybridized carbons (Fsp3) is 0.277. The quantitative estimate of drug-likeness (QED) is 0.0610. The number of nitrogens with zero attached hydrogens (tertiary/aromatic N) is 9. The highest BCUT2D eigenvalue weighted by Gasteiger charge is 2.40. The number of rotatable bonds is 22. The zero-order valence-electron chi connectivity index (χ0n) is 56.7. The second-order valence-electron chi connectivity index (χ2n) is 25.4. The number of hydrogen-bond acceptors (Lipinski definition) is 12. The molecule has 0 unspecified atom stereocenters. The second-order valence-corrected chi connectivity index (χ2v) is 25.4. The van der Waals surface area contributed by atoms with Gasteiger partial charge in [-0.15, -0.1) is 0 Å². The van der Waals surface area contributed by atoms with E-state index in [1.165, 1.54) is 39.4 Å². The van der Waals surface area contributed by atoms with Crippen molar-refractivity contribution in [3.8, 4) is 51.8 Å². The third-order valence-electron chi connectivity index (χ3n) is 19.2. The fourth-order valence-corrected chi connectivity index (χ4v) is 14.6. The number of fused-ring (bicyclic) bond motifs is 9. The largest absolute Gasteiger partial charge is 0.503 e. The van der Waals surface area contributed by atoms with Gasteiger partial charge in [-0.1, -0.05) is 216 Å². The Morgan fingerprint density at radius 2 is 0.703 bits per heavy atom. The van der Waals surface area contributed by atoms with Crippen molar-refractivity contribution in [2.45, 2.75) is 122 Å². The van der Waals surface area contributed by atoms with Gasteiger partial charge in [0.1, 0.15) is 17.1 Å². The van der Waals surface area contributed by atoms with Crippen LogP contribution < -0.4 is 25.8 Å². The molecule has 3 aliphatic heterocycles. The molecular formula is C83H87N9O9. The first-order valence-electron chi connectivity index (χ1n) is 34.4. The molecule has 9 heterocycles. The SMILES string of the molecule is C.CCCCOc1c2n(ccc1=O)[C@@H](C(c1ccccc1)c1ccccc1)Cn1c(CO)cnc1-2.CCCCOc1c2n(ccc1=O)[C@@H](C(c1ccccc1)c1ccccc1)Cn1c(COC)cnc1-2.COCc1cnc2n1C[C@H](C(c1ccccc1)c1ccccc1)n1ccc(=O)c(O)c1-2. The third-order valence-corrected chi connectivity index (χ3v) is 19.2. The molecule has 0 bridgehead atoms. The van der Waals surface area contributed by atoms with Gasteiger partial charge in [-0.05, 0) is 46.2 Å². The maximum atomic E-state index is 13.0. The number of benzene rings is 6. The molecule has 15 rings (SSSR count). The van der Waals surface area contributed by atoms with Crippen LogP contribution in [0.1, 0.15) is 133 Å². The molecule has 3 aliphatic rings. The summed E-state index contributed by atoms with van der Waals surface area (Å²) in [5, 5.41) is 20.8. The molecule has 6 aromatic carbocycles. The van der Waals surface area contributed by atoms with Crippen molar-refractivity contribution in [2.75, 3.05) is 27.4 Å². The lowest BCUT2D eigenvalue weighted by molar-refractivity contribution is 0.176. The molecule has 2 N–H and O–H groups in total. The Balaban J connectivity index is 0.000000143. The third kappa shape index (κ3) is 14.3. The Morgan fingerprint density at radius 1 is 0.416 bits per heavy atom. The maximum absolute atomic E-state index is 13.0. The van der Waals surface area contributed by atoms with Gasteiger partial charge >= 0.3 is 0 Å². The van der Waals surface area contributed by atoms with Crippen molar-refractivity contribution < 1.29 is 29.2 Å². The van der Waals surface area contributed by atoms with E-state index in [1.54, 1.807) is 44.9 Å². The van der Waals surface area contributed by atoms with Crippen molar-refractivity contribution in [1.82, 2.24) is 42.4 Å². The van der Waals surface area contributed by atoms with Crippen LogP contribution in [0.2, 0.25) is 0 Å². The van der Waals surface area contributed by atoms with Gasteiger partial charge in [-0.25, -0.2) is 15.0 Å². The maximum Gasteiger partial charge on any atom is 0.224 e. The van der Waals surface area contributed by atoms with Crippen LogP contribution in [0, 0.1) is 0 Å². The summed E-state index contributed by atoms with van der Waals surface area (Å²) in [6.45, 7) is 7.86. The zero-order valence-corrected chi connectivity index (χ0v) is 56.7. The Hall–Kier alpha value is -10.9. The van der Waals surface area contributed by atoms with Gasteiger partial charge in [0, 0.05) is 88.4 Å². The van der Waals surface area contributed by atoms with Crippen molar-refractivity contribution in [2.24, 2.45) is 0 Å². The summed E-state index contributed by atoms with van der Waals surface area (Å²) in [6, 6.07) is 67.2. The topological polar surface area (TPSA) is 197 Å². The first-order chi connectivity index (χ1) is 49.1. The highest BCUT2D eigenvalue weighted by molar-refractivity contribution is 5.65. The molecule has 101 heavy (non-hydrogen) atoms. The first-order valence-corrected chi connectivity index (χ1v) is 34.4. The van der Waals surface area contributed by atoms with Crippen molar-refractivity contribution >= 4 is 0 Å². The summed E-state index contributed by atoms with van der Waals surface area (Å²) in [7, 11) is 3.33. The van der Waals surface area contributed by atoms with E-state index in [-0.39, 0.29) is 66.5 Å². The lowest BCUT2D eigenvalue weighted by Gasteiger charge is -2.37. The lowest BCUT2D eigenvalue weighted by atomic mass is 9.83. The minimum absolute atomic E-state index is 0. The smallest absolute Gasteiger partial charge is 0.224 e. The number of aromatic nitrogens is 9. The fourth-order valence-electron chi connectivity index (χ4n) is 14.6. The summed E-state index contributed by atoms with van der Waals surface area (Å²) in [6.07, 6.45) is 14.6. The highest BCUT2D eigenvalue weighted by atomic mass is 16.5. The number of aliphatic hydroxyl groups is 1. The van der Waals surface area contributed by atoms with Gasteiger partial charge in [0.15, 0.2) is 34.7 Å². The van der Waals surface area contributed by atoms with Crippen molar-refractivity contribution in [3.05, 3.63) is 319 Å². The van der Waals surface area contributed by atoms with Gasteiger partial charge in [-0.3, -0.25) is 14.4 Å². The summed E-state index contributed by atoms with van der Waals surface area (Å²) in [5.74, 6) is 2.51. The van der Waals surface area contributed by atoms with Crippen LogP contribution in [0.15, 0.2) is 252 Å². The van der Waals surface area contributed by atoms with E-state index >= 15 is 0 Å². The molecule has 12 aromatic rings. The Bertz CT molecular complexity index is 4760. The molecule has 0 radical (unpaired) electrons. The minimum atomic E-state index is -0.411. The molecule has 3 atom stereocenters. The Kier molecular flexibility index (Phi) is 22.4. The summed E-state index contributed by atoms with van der Waals surface area (Å²) in [5.41, 5.74) is 10.9. The number of pyridine rings is 3. The van der Waals surface area contributed by atoms with E-state index in [0.29, 0.717) is 80.6 Å². The number of ether oxygens (including phenoxy) is 4. The normalized spacial score (nSPS) is 14.6. The molecule has 0 spiro atoms. The molecule has 0 amide bonds. The molecular weight excluding hydrogens is 1270 g/mol. The highest BCUT2D eigenvalue weighted by Crippen LogP contribution is 2.48.